The summed E-state index contributed by atoms with van der Waals surface area (Å²) in [5.74, 6) is -0.426. The van der Waals surface area contributed by atoms with Crippen LogP contribution >= 0.6 is 0 Å². The lowest BCUT2D eigenvalue weighted by Crippen LogP contribution is -2.40. The third kappa shape index (κ3) is 4.25. The summed E-state index contributed by atoms with van der Waals surface area (Å²) in [5, 5.41) is 0. The molecule has 0 heterocycles. The highest BCUT2D eigenvalue weighted by Crippen LogP contribution is 2.39. The SMILES string of the molecule is O=C=NCC1=CC=CC(CN=C=O)(CN=C=O)C1CN=C=O. The lowest BCUT2D eigenvalue weighted by Gasteiger charge is -2.37. The Balaban J connectivity index is 3.28. The first-order valence-corrected chi connectivity index (χ1v) is 6.27. The molecule has 0 amide bonds. The van der Waals surface area contributed by atoms with Crippen molar-refractivity contribution in [2.45, 2.75) is 0 Å². The fraction of sp³-hybridized carbons (Fsp3) is 0.429. The zero-order valence-corrected chi connectivity index (χ0v) is 11.6. The number of hydrogen-bond donors (Lipinski definition) is 0. The average molecular weight is 300 g/mol. The monoisotopic (exact) mass is 300 g/mol. The molecule has 0 radical (unpaired) electrons. The van der Waals surface area contributed by atoms with Crippen molar-refractivity contribution in [3.05, 3.63) is 23.8 Å². The molecule has 0 N–H and O–H groups in total. The minimum Gasteiger partial charge on any atom is -0.211 e. The normalized spacial score (nSPS) is 22.2. The maximum absolute atomic E-state index is 10.4. The van der Waals surface area contributed by atoms with Crippen LogP contribution in [-0.2, 0) is 19.2 Å². The van der Waals surface area contributed by atoms with E-state index in [9.17, 15) is 19.2 Å². The largest absolute Gasteiger partial charge is 0.235 e. The molecule has 0 spiro atoms. The molecular formula is C14H12N4O4. The molecule has 8 heteroatoms. The first-order valence-electron chi connectivity index (χ1n) is 6.27. The molecule has 0 fully saturated rings. The molecule has 1 atom stereocenters. The van der Waals surface area contributed by atoms with Crippen LogP contribution < -0.4 is 0 Å². The second-order valence-corrected chi connectivity index (χ2v) is 4.54. The molecule has 0 bridgehead atoms. The molecule has 0 saturated carbocycles. The van der Waals surface area contributed by atoms with Crippen molar-refractivity contribution in [3.8, 4) is 0 Å². The van der Waals surface area contributed by atoms with Gasteiger partial charge in [-0.25, -0.2) is 39.1 Å². The fourth-order valence-electron chi connectivity index (χ4n) is 2.41. The molecule has 1 aliphatic carbocycles. The van der Waals surface area contributed by atoms with Crippen LogP contribution in [0.25, 0.3) is 0 Å². The third-order valence-electron chi connectivity index (χ3n) is 3.42. The van der Waals surface area contributed by atoms with Gasteiger partial charge in [0.05, 0.1) is 26.2 Å². The molecular weight excluding hydrogens is 288 g/mol. The summed E-state index contributed by atoms with van der Waals surface area (Å²) in [7, 11) is 0. The van der Waals surface area contributed by atoms with Crippen molar-refractivity contribution in [2.24, 2.45) is 31.3 Å². The zero-order valence-electron chi connectivity index (χ0n) is 11.6. The molecule has 1 unspecified atom stereocenters. The standard InChI is InChI=1S/C14H12N4O4/c19-8-15-4-12-2-1-3-14(6-17-10-21,7-18-11-22)13(12)5-16-9-20/h1-3,13H,4-7H2. The van der Waals surface area contributed by atoms with Crippen LogP contribution in [0, 0.1) is 11.3 Å². The molecule has 8 nitrogen and oxygen atoms in total. The molecule has 112 valence electrons. The van der Waals surface area contributed by atoms with Crippen LogP contribution in [-0.4, -0.2) is 50.5 Å². The van der Waals surface area contributed by atoms with Crippen LogP contribution in [0.3, 0.4) is 0 Å². The Morgan fingerprint density at radius 3 is 2.05 bits per heavy atom. The van der Waals surface area contributed by atoms with Gasteiger partial charge in [0, 0.05) is 11.3 Å². The van der Waals surface area contributed by atoms with E-state index in [1.54, 1.807) is 18.2 Å². The van der Waals surface area contributed by atoms with Crippen LogP contribution in [0.1, 0.15) is 0 Å². The number of allylic oxidation sites excluding steroid dienone is 2. The zero-order chi connectivity index (χ0) is 16.3. The van der Waals surface area contributed by atoms with E-state index in [0.29, 0.717) is 5.57 Å². The summed E-state index contributed by atoms with van der Waals surface area (Å²) < 4.78 is 0. The van der Waals surface area contributed by atoms with E-state index < -0.39 is 11.3 Å². The third-order valence-corrected chi connectivity index (χ3v) is 3.42. The van der Waals surface area contributed by atoms with Gasteiger partial charge >= 0.3 is 0 Å². The molecule has 22 heavy (non-hydrogen) atoms. The highest BCUT2D eigenvalue weighted by atomic mass is 16.1. The summed E-state index contributed by atoms with van der Waals surface area (Å²) in [6.07, 6.45) is 10.9. The lowest BCUT2D eigenvalue weighted by atomic mass is 9.68. The van der Waals surface area contributed by atoms with E-state index in [1.165, 1.54) is 24.3 Å². The quantitative estimate of drug-likeness (QED) is 0.477. The van der Waals surface area contributed by atoms with Crippen molar-refractivity contribution in [1.29, 1.82) is 0 Å². The topological polar surface area (TPSA) is 118 Å². The van der Waals surface area contributed by atoms with E-state index >= 15 is 0 Å². The minimum atomic E-state index is -0.850. The fourth-order valence-corrected chi connectivity index (χ4v) is 2.41. The van der Waals surface area contributed by atoms with Gasteiger partial charge in [-0.15, -0.1) is 0 Å². The van der Waals surface area contributed by atoms with Gasteiger partial charge in [-0.2, -0.15) is 0 Å². The Morgan fingerprint density at radius 1 is 0.909 bits per heavy atom. The molecule has 0 saturated heterocycles. The second kappa shape index (κ2) is 9.03. The van der Waals surface area contributed by atoms with Gasteiger partial charge in [-0.3, -0.25) is 0 Å². The number of isocyanates is 4. The van der Waals surface area contributed by atoms with Crippen LogP contribution in [0.2, 0.25) is 0 Å². The van der Waals surface area contributed by atoms with Gasteiger partial charge in [-0.05, 0) is 5.57 Å². The highest BCUT2D eigenvalue weighted by Gasteiger charge is 2.40. The molecule has 0 aromatic rings. The van der Waals surface area contributed by atoms with Gasteiger partial charge in [-0.1, -0.05) is 18.2 Å². The van der Waals surface area contributed by atoms with Crippen molar-refractivity contribution in [1.82, 2.24) is 0 Å². The predicted octanol–water partition coefficient (Wildman–Crippen LogP) is 0.428. The Kier molecular flexibility index (Phi) is 7.00. The smallest absolute Gasteiger partial charge is 0.211 e. The minimum absolute atomic E-state index is 0.000628. The molecule has 0 aliphatic heterocycles. The van der Waals surface area contributed by atoms with Gasteiger partial charge in [0.1, 0.15) is 0 Å². The van der Waals surface area contributed by atoms with E-state index in [1.807, 2.05) is 0 Å². The maximum atomic E-state index is 10.4. The first-order chi connectivity index (χ1) is 10.7. The van der Waals surface area contributed by atoms with Crippen molar-refractivity contribution < 1.29 is 19.2 Å². The summed E-state index contributed by atoms with van der Waals surface area (Å²) in [6, 6.07) is 0. The van der Waals surface area contributed by atoms with Crippen LogP contribution in [0.5, 0.6) is 0 Å². The van der Waals surface area contributed by atoms with E-state index in [4.69, 9.17) is 0 Å². The van der Waals surface area contributed by atoms with Gasteiger partial charge < -0.3 is 0 Å². The van der Waals surface area contributed by atoms with Gasteiger partial charge in [0.2, 0.25) is 24.3 Å². The van der Waals surface area contributed by atoms with Crippen LogP contribution in [0.15, 0.2) is 43.8 Å². The van der Waals surface area contributed by atoms with Crippen molar-refractivity contribution in [3.63, 3.8) is 0 Å². The van der Waals surface area contributed by atoms with E-state index in [0.717, 1.165) is 0 Å². The number of hydrogen-bond acceptors (Lipinski definition) is 8. The number of aliphatic imine (C=N–C) groups is 4. The molecule has 1 rings (SSSR count). The lowest BCUT2D eigenvalue weighted by molar-refractivity contribution is 0.283. The van der Waals surface area contributed by atoms with Gasteiger partial charge in [0.25, 0.3) is 0 Å². The van der Waals surface area contributed by atoms with Crippen LogP contribution in [0.4, 0.5) is 0 Å². The number of rotatable bonds is 8. The van der Waals surface area contributed by atoms with Crippen molar-refractivity contribution >= 4 is 24.3 Å². The van der Waals surface area contributed by atoms with Gasteiger partial charge in [0.15, 0.2) is 0 Å². The molecule has 0 aromatic carbocycles. The summed E-state index contributed by atoms with van der Waals surface area (Å²) >= 11 is 0. The number of nitrogens with zero attached hydrogens (tertiary/aromatic N) is 4. The summed E-state index contributed by atoms with van der Waals surface area (Å²) in [4.78, 5) is 55.8. The number of carbonyl (C=O) groups excluding carboxylic acids is 4. The Morgan fingerprint density at radius 2 is 1.50 bits per heavy atom. The van der Waals surface area contributed by atoms with Crippen molar-refractivity contribution in [2.75, 3.05) is 26.2 Å². The Labute approximate surface area is 125 Å². The summed E-state index contributed by atoms with van der Waals surface area (Å²) in [6.45, 7) is 0.0970. The highest BCUT2D eigenvalue weighted by molar-refractivity contribution is 5.40. The molecule has 1 aliphatic rings. The average Bonchev–Trinajstić information content (AvgIpc) is 2.55. The first kappa shape index (κ1) is 17.1. The Hall–Kier alpha value is -3.00. The maximum Gasteiger partial charge on any atom is 0.235 e. The molecule has 0 aromatic heterocycles. The Bertz CT molecular complexity index is 636. The summed E-state index contributed by atoms with van der Waals surface area (Å²) in [5.41, 5.74) is -0.162. The van der Waals surface area contributed by atoms with E-state index in [2.05, 4.69) is 20.0 Å². The predicted molar refractivity (Wildman–Crippen MR) is 75.1 cm³/mol. The van der Waals surface area contributed by atoms with E-state index in [-0.39, 0.29) is 26.2 Å². The second-order valence-electron chi connectivity index (χ2n) is 4.54.